The largest absolute Gasteiger partial charge is 0.452 e. The van der Waals surface area contributed by atoms with Gasteiger partial charge in [0.1, 0.15) is 5.52 Å². The molecule has 30 heavy (non-hydrogen) atoms. The van der Waals surface area contributed by atoms with Crippen molar-refractivity contribution in [2.45, 2.75) is 26.0 Å². The van der Waals surface area contributed by atoms with Crippen molar-refractivity contribution < 1.29 is 19.2 Å². The van der Waals surface area contributed by atoms with E-state index >= 15 is 0 Å². The number of rotatable bonds is 7. The summed E-state index contributed by atoms with van der Waals surface area (Å²) in [5, 5.41) is 21.2. The number of aryl methyl sites for hydroxylation is 1. The highest BCUT2D eigenvalue weighted by Crippen LogP contribution is 2.15. The number of hydrogen-bond donors (Lipinski definition) is 1. The number of nitrogens with zero attached hydrogens (tertiary/aromatic N) is 4. The molecule has 2 aromatic carbocycles. The standard InChI is InChI=1S/C19H17N5O6/c1-12(18(26)20-13-6-8-14(9-7-13)24(28)29)30-17(25)10-11-23-19(27)15-4-2-3-5-16(15)21-22-23/h2-9,12H,10-11H2,1H3,(H,20,26). The van der Waals surface area contributed by atoms with E-state index in [0.29, 0.717) is 16.6 Å². The molecule has 0 aliphatic carbocycles. The Morgan fingerprint density at radius 2 is 1.90 bits per heavy atom. The predicted octanol–water partition coefficient (Wildman–Crippen LogP) is 1.66. The third-order valence-electron chi connectivity index (χ3n) is 4.18. The van der Waals surface area contributed by atoms with Gasteiger partial charge in [-0.1, -0.05) is 17.3 Å². The minimum absolute atomic E-state index is 0.0494. The van der Waals surface area contributed by atoms with E-state index < -0.39 is 22.9 Å². The SMILES string of the molecule is CC(OC(=O)CCn1nnc2ccccc2c1=O)C(=O)Nc1ccc([N+](=O)[O-])cc1. The Kier molecular flexibility index (Phi) is 6.11. The number of anilines is 1. The molecule has 11 nitrogen and oxygen atoms in total. The fraction of sp³-hybridized carbons (Fsp3) is 0.211. The summed E-state index contributed by atoms with van der Waals surface area (Å²) in [6.07, 6.45) is -1.28. The van der Waals surface area contributed by atoms with Crippen molar-refractivity contribution >= 4 is 34.2 Å². The summed E-state index contributed by atoms with van der Waals surface area (Å²) in [5.74, 6) is -1.29. The molecule has 3 rings (SSSR count). The van der Waals surface area contributed by atoms with Crippen molar-refractivity contribution in [1.82, 2.24) is 15.0 Å². The first-order valence-corrected chi connectivity index (χ1v) is 8.92. The molecular weight excluding hydrogens is 394 g/mol. The highest BCUT2D eigenvalue weighted by atomic mass is 16.6. The van der Waals surface area contributed by atoms with Gasteiger partial charge in [0.15, 0.2) is 6.10 Å². The summed E-state index contributed by atoms with van der Waals surface area (Å²) in [4.78, 5) is 46.6. The van der Waals surface area contributed by atoms with Gasteiger partial charge in [0, 0.05) is 17.8 Å². The van der Waals surface area contributed by atoms with Gasteiger partial charge in [-0.25, -0.2) is 4.68 Å². The topological polar surface area (TPSA) is 146 Å². The third-order valence-corrected chi connectivity index (χ3v) is 4.18. The predicted molar refractivity (Wildman–Crippen MR) is 106 cm³/mol. The molecule has 0 spiro atoms. The van der Waals surface area contributed by atoms with E-state index in [4.69, 9.17) is 4.74 Å². The van der Waals surface area contributed by atoms with Crippen molar-refractivity contribution in [3.63, 3.8) is 0 Å². The van der Waals surface area contributed by atoms with E-state index in [2.05, 4.69) is 15.6 Å². The molecule has 1 heterocycles. The van der Waals surface area contributed by atoms with Gasteiger partial charge in [-0.05, 0) is 31.2 Å². The molecule has 1 amide bonds. The number of nitro groups is 1. The summed E-state index contributed by atoms with van der Waals surface area (Å²) in [6.45, 7) is 1.34. The fourth-order valence-corrected chi connectivity index (χ4v) is 2.59. The van der Waals surface area contributed by atoms with Gasteiger partial charge in [0.05, 0.1) is 23.3 Å². The van der Waals surface area contributed by atoms with Crippen LogP contribution in [0.1, 0.15) is 13.3 Å². The number of aromatic nitrogens is 3. The Bertz CT molecular complexity index is 1160. The maximum Gasteiger partial charge on any atom is 0.308 e. The molecule has 0 saturated carbocycles. The number of benzene rings is 2. The maximum atomic E-state index is 12.3. The molecule has 3 aromatic rings. The number of fused-ring (bicyclic) bond motifs is 1. The van der Waals surface area contributed by atoms with Crippen molar-refractivity contribution in [3.8, 4) is 0 Å². The minimum atomic E-state index is -1.10. The second-order valence-corrected chi connectivity index (χ2v) is 6.31. The van der Waals surface area contributed by atoms with E-state index in [0.717, 1.165) is 4.68 Å². The van der Waals surface area contributed by atoms with Crippen LogP contribution in [-0.4, -0.2) is 37.9 Å². The molecule has 154 valence electrons. The highest BCUT2D eigenvalue weighted by Gasteiger charge is 2.19. The molecule has 1 atom stereocenters. The summed E-state index contributed by atoms with van der Waals surface area (Å²) < 4.78 is 6.13. The van der Waals surface area contributed by atoms with Crippen LogP contribution in [0.3, 0.4) is 0 Å². The van der Waals surface area contributed by atoms with E-state index in [1.54, 1.807) is 24.3 Å². The molecule has 11 heteroatoms. The molecular formula is C19H17N5O6. The smallest absolute Gasteiger partial charge is 0.308 e. The van der Waals surface area contributed by atoms with Crippen LogP contribution in [0.2, 0.25) is 0 Å². The van der Waals surface area contributed by atoms with Crippen LogP contribution in [0, 0.1) is 10.1 Å². The number of carbonyl (C=O) groups is 2. The molecule has 1 N–H and O–H groups in total. The van der Waals surface area contributed by atoms with E-state index in [1.807, 2.05) is 0 Å². The summed E-state index contributed by atoms with van der Waals surface area (Å²) >= 11 is 0. The van der Waals surface area contributed by atoms with Crippen LogP contribution in [0.25, 0.3) is 10.9 Å². The zero-order valence-corrected chi connectivity index (χ0v) is 15.8. The lowest BCUT2D eigenvalue weighted by Gasteiger charge is -2.13. The Morgan fingerprint density at radius 1 is 1.20 bits per heavy atom. The van der Waals surface area contributed by atoms with Crippen molar-refractivity contribution in [1.29, 1.82) is 0 Å². The molecule has 1 unspecified atom stereocenters. The number of nitro benzene ring substituents is 1. The summed E-state index contributed by atoms with van der Waals surface area (Å²) in [7, 11) is 0. The molecule has 0 saturated heterocycles. The lowest BCUT2D eigenvalue weighted by Crippen LogP contribution is -2.31. The zero-order chi connectivity index (χ0) is 21.7. The van der Waals surface area contributed by atoms with Gasteiger partial charge in [-0.3, -0.25) is 24.5 Å². The van der Waals surface area contributed by atoms with Crippen LogP contribution < -0.4 is 10.9 Å². The number of carbonyl (C=O) groups excluding carboxylic acids is 2. The molecule has 0 aliphatic heterocycles. The van der Waals surface area contributed by atoms with Crippen molar-refractivity contribution in [2.75, 3.05) is 5.32 Å². The number of esters is 1. The Balaban J connectivity index is 1.54. The van der Waals surface area contributed by atoms with Gasteiger partial charge >= 0.3 is 5.97 Å². The Morgan fingerprint density at radius 3 is 2.60 bits per heavy atom. The van der Waals surface area contributed by atoms with Gasteiger partial charge in [-0.2, -0.15) is 0 Å². The lowest BCUT2D eigenvalue weighted by atomic mass is 10.2. The Labute approximate surface area is 169 Å². The first-order valence-electron chi connectivity index (χ1n) is 8.92. The quantitative estimate of drug-likeness (QED) is 0.351. The number of amides is 1. The van der Waals surface area contributed by atoms with Crippen LogP contribution in [0.5, 0.6) is 0 Å². The molecule has 0 fully saturated rings. The van der Waals surface area contributed by atoms with E-state index in [1.165, 1.54) is 31.2 Å². The average molecular weight is 411 g/mol. The van der Waals surface area contributed by atoms with Gasteiger partial charge in [0.2, 0.25) is 0 Å². The molecule has 1 aromatic heterocycles. The van der Waals surface area contributed by atoms with Crippen LogP contribution >= 0.6 is 0 Å². The second kappa shape index (κ2) is 8.90. The summed E-state index contributed by atoms with van der Waals surface area (Å²) in [5.41, 5.74) is 0.293. The molecule has 0 radical (unpaired) electrons. The van der Waals surface area contributed by atoms with Crippen LogP contribution in [0.15, 0.2) is 53.3 Å². The van der Waals surface area contributed by atoms with Crippen LogP contribution in [0.4, 0.5) is 11.4 Å². The van der Waals surface area contributed by atoms with E-state index in [9.17, 15) is 24.5 Å². The average Bonchev–Trinajstić information content (AvgIpc) is 2.73. The lowest BCUT2D eigenvalue weighted by molar-refractivity contribution is -0.384. The Hall–Kier alpha value is -4.15. The summed E-state index contributed by atoms with van der Waals surface area (Å²) in [6, 6.07) is 11.9. The maximum absolute atomic E-state index is 12.3. The first-order chi connectivity index (χ1) is 14.3. The van der Waals surface area contributed by atoms with Gasteiger partial charge in [-0.15, -0.1) is 5.10 Å². The third kappa shape index (κ3) is 4.82. The first kappa shape index (κ1) is 20.6. The monoisotopic (exact) mass is 411 g/mol. The molecule has 0 bridgehead atoms. The van der Waals surface area contributed by atoms with Gasteiger partial charge < -0.3 is 10.1 Å². The van der Waals surface area contributed by atoms with Gasteiger partial charge in [0.25, 0.3) is 17.2 Å². The molecule has 0 aliphatic rings. The fourth-order valence-electron chi connectivity index (χ4n) is 2.59. The minimum Gasteiger partial charge on any atom is -0.452 e. The van der Waals surface area contributed by atoms with Crippen LogP contribution in [-0.2, 0) is 20.9 Å². The number of nitrogens with one attached hydrogen (secondary N) is 1. The highest BCUT2D eigenvalue weighted by molar-refractivity contribution is 5.95. The number of non-ortho nitro benzene ring substituents is 1. The number of hydrogen-bond acceptors (Lipinski definition) is 8. The zero-order valence-electron chi connectivity index (χ0n) is 15.8. The van der Waals surface area contributed by atoms with E-state index in [-0.39, 0.29) is 24.2 Å². The second-order valence-electron chi connectivity index (χ2n) is 6.31. The normalized spacial score (nSPS) is 11.6. The van der Waals surface area contributed by atoms with Crippen molar-refractivity contribution in [3.05, 3.63) is 69.0 Å². The van der Waals surface area contributed by atoms with Crippen molar-refractivity contribution in [2.24, 2.45) is 0 Å². The number of ether oxygens (including phenoxy) is 1.